The van der Waals surface area contributed by atoms with Crippen LogP contribution in [0.3, 0.4) is 0 Å². The minimum Gasteiger partial charge on any atom is -0.317 e. The van der Waals surface area contributed by atoms with Crippen LogP contribution in [0.1, 0.15) is 31.1 Å². The summed E-state index contributed by atoms with van der Waals surface area (Å²) in [7, 11) is 2.10. The van der Waals surface area contributed by atoms with Crippen LogP contribution in [0.15, 0.2) is 11.7 Å². The second-order valence-corrected chi connectivity index (χ2v) is 5.72. The summed E-state index contributed by atoms with van der Waals surface area (Å²) in [5.74, 6) is 1.70. The van der Waals surface area contributed by atoms with E-state index >= 15 is 0 Å². The number of hydrogen-bond donors (Lipinski definition) is 1. The first kappa shape index (κ1) is 11.1. The molecule has 1 fully saturated rings. The van der Waals surface area contributed by atoms with Gasteiger partial charge in [-0.3, -0.25) is 4.98 Å². The summed E-state index contributed by atoms with van der Waals surface area (Å²) in [4.78, 5) is 5.59. The van der Waals surface area contributed by atoms with E-state index in [2.05, 4.69) is 24.3 Å². The second-order valence-electron chi connectivity index (χ2n) is 4.75. The molecule has 1 N–H and O–H groups in total. The van der Waals surface area contributed by atoms with Crippen molar-refractivity contribution >= 4 is 11.3 Å². The standard InChI is InChI=1S/C12H20N2S/c1-9-3-4-12(13-2)10(5-9)6-11-7-14-8-15-11/h7-10,12-13H,3-6H2,1-2H3. The lowest BCUT2D eigenvalue weighted by molar-refractivity contribution is 0.221. The number of nitrogens with zero attached hydrogens (tertiary/aromatic N) is 1. The maximum atomic E-state index is 4.16. The van der Waals surface area contributed by atoms with Gasteiger partial charge in [0.25, 0.3) is 0 Å². The highest BCUT2D eigenvalue weighted by atomic mass is 32.1. The Labute approximate surface area is 96.1 Å². The Morgan fingerprint density at radius 2 is 2.40 bits per heavy atom. The van der Waals surface area contributed by atoms with E-state index < -0.39 is 0 Å². The summed E-state index contributed by atoms with van der Waals surface area (Å²) < 4.78 is 0. The third-order valence-corrected chi connectivity index (χ3v) is 4.36. The molecule has 0 amide bonds. The molecule has 0 radical (unpaired) electrons. The van der Waals surface area contributed by atoms with E-state index in [-0.39, 0.29) is 0 Å². The van der Waals surface area contributed by atoms with Crippen molar-refractivity contribution in [1.82, 2.24) is 10.3 Å². The number of aromatic nitrogens is 1. The average molecular weight is 224 g/mol. The largest absolute Gasteiger partial charge is 0.317 e. The van der Waals surface area contributed by atoms with Gasteiger partial charge in [0.05, 0.1) is 5.51 Å². The Morgan fingerprint density at radius 1 is 1.53 bits per heavy atom. The zero-order valence-electron chi connectivity index (χ0n) is 9.57. The third kappa shape index (κ3) is 2.79. The summed E-state index contributed by atoms with van der Waals surface area (Å²) in [6.45, 7) is 2.38. The van der Waals surface area contributed by atoms with Crippen LogP contribution in [0, 0.1) is 11.8 Å². The fourth-order valence-corrected chi connectivity index (χ4v) is 3.39. The van der Waals surface area contributed by atoms with Gasteiger partial charge in [-0.1, -0.05) is 6.92 Å². The molecule has 0 aliphatic heterocycles. The molecule has 84 valence electrons. The van der Waals surface area contributed by atoms with Crippen molar-refractivity contribution in [2.75, 3.05) is 7.05 Å². The van der Waals surface area contributed by atoms with Crippen molar-refractivity contribution in [2.45, 2.75) is 38.6 Å². The third-order valence-electron chi connectivity index (χ3n) is 3.56. The highest BCUT2D eigenvalue weighted by Gasteiger charge is 2.27. The van der Waals surface area contributed by atoms with Crippen LogP contribution in [-0.2, 0) is 6.42 Å². The van der Waals surface area contributed by atoms with Crippen LogP contribution < -0.4 is 5.32 Å². The van der Waals surface area contributed by atoms with Gasteiger partial charge in [-0.2, -0.15) is 0 Å². The lowest BCUT2D eigenvalue weighted by Gasteiger charge is -2.34. The molecule has 1 aromatic heterocycles. The SMILES string of the molecule is CNC1CCC(C)CC1Cc1cncs1. The highest BCUT2D eigenvalue weighted by Crippen LogP contribution is 2.31. The molecular weight excluding hydrogens is 204 g/mol. The molecular formula is C12H20N2S. The molecule has 3 unspecified atom stereocenters. The summed E-state index contributed by atoms with van der Waals surface area (Å²) in [6, 6.07) is 0.711. The molecule has 0 spiro atoms. The fourth-order valence-electron chi connectivity index (χ4n) is 2.71. The van der Waals surface area contributed by atoms with Gasteiger partial charge in [-0.15, -0.1) is 11.3 Å². The molecule has 2 nitrogen and oxygen atoms in total. The van der Waals surface area contributed by atoms with Gasteiger partial charge in [0.15, 0.2) is 0 Å². The summed E-state index contributed by atoms with van der Waals surface area (Å²) >= 11 is 1.79. The Balaban J connectivity index is 1.98. The molecule has 0 saturated heterocycles. The van der Waals surface area contributed by atoms with E-state index in [0.717, 1.165) is 11.8 Å². The van der Waals surface area contributed by atoms with Crippen LogP contribution >= 0.6 is 11.3 Å². The molecule has 2 rings (SSSR count). The predicted octanol–water partition coefficient (Wildman–Crippen LogP) is 2.71. The number of rotatable bonds is 3. The predicted molar refractivity (Wildman–Crippen MR) is 65.2 cm³/mol. The van der Waals surface area contributed by atoms with Gasteiger partial charge in [0.2, 0.25) is 0 Å². The molecule has 1 saturated carbocycles. The molecule has 15 heavy (non-hydrogen) atoms. The van der Waals surface area contributed by atoms with E-state index in [1.54, 1.807) is 11.3 Å². The van der Waals surface area contributed by atoms with Crippen molar-refractivity contribution < 1.29 is 0 Å². The summed E-state index contributed by atoms with van der Waals surface area (Å²) in [6.07, 6.45) is 7.31. The van der Waals surface area contributed by atoms with E-state index in [1.807, 2.05) is 11.7 Å². The molecule has 1 heterocycles. The topological polar surface area (TPSA) is 24.9 Å². The first-order valence-corrected chi connectivity index (χ1v) is 6.72. The smallest absolute Gasteiger partial charge is 0.0794 e. The highest BCUT2D eigenvalue weighted by molar-refractivity contribution is 7.09. The van der Waals surface area contributed by atoms with E-state index in [0.29, 0.717) is 6.04 Å². The van der Waals surface area contributed by atoms with Crippen molar-refractivity contribution in [3.8, 4) is 0 Å². The molecule has 3 heteroatoms. The van der Waals surface area contributed by atoms with Gasteiger partial charge in [-0.25, -0.2) is 0 Å². The minimum atomic E-state index is 0.711. The second kappa shape index (κ2) is 5.08. The van der Waals surface area contributed by atoms with E-state index in [9.17, 15) is 0 Å². The average Bonchev–Trinajstić information content (AvgIpc) is 2.71. The van der Waals surface area contributed by atoms with Crippen LogP contribution in [-0.4, -0.2) is 18.1 Å². The van der Waals surface area contributed by atoms with Crippen LogP contribution in [0.25, 0.3) is 0 Å². The van der Waals surface area contributed by atoms with Crippen molar-refractivity contribution in [3.63, 3.8) is 0 Å². The first-order chi connectivity index (χ1) is 7.29. The van der Waals surface area contributed by atoms with Crippen molar-refractivity contribution in [1.29, 1.82) is 0 Å². The quantitative estimate of drug-likeness (QED) is 0.854. The molecule has 1 aliphatic carbocycles. The maximum absolute atomic E-state index is 4.16. The summed E-state index contributed by atoms with van der Waals surface area (Å²) in [5.41, 5.74) is 1.94. The van der Waals surface area contributed by atoms with Crippen LogP contribution in [0.2, 0.25) is 0 Å². The van der Waals surface area contributed by atoms with E-state index in [1.165, 1.54) is 30.6 Å². The first-order valence-electron chi connectivity index (χ1n) is 5.84. The zero-order valence-corrected chi connectivity index (χ0v) is 10.4. The Morgan fingerprint density at radius 3 is 3.07 bits per heavy atom. The summed E-state index contributed by atoms with van der Waals surface area (Å²) in [5, 5.41) is 3.47. The van der Waals surface area contributed by atoms with Crippen molar-refractivity contribution in [2.24, 2.45) is 11.8 Å². The molecule has 0 bridgehead atoms. The Kier molecular flexibility index (Phi) is 3.76. The number of thiazole rings is 1. The monoisotopic (exact) mass is 224 g/mol. The number of hydrogen-bond acceptors (Lipinski definition) is 3. The van der Waals surface area contributed by atoms with Gasteiger partial charge in [0.1, 0.15) is 0 Å². The Bertz CT molecular complexity index is 284. The lowest BCUT2D eigenvalue weighted by Crippen LogP contribution is -2.39. The van der Waals surface area contributed by atoms with Crippen molar-refractivity contribution in [3.05, 3.63) is 16.6 Å². The van der Waals surface area contributed by atoms with Crippen LogP contribution in [0.5, 0.6) is 0 Å². The zero-order chi connectivity index (χ0) is 10.7. The van der Waals surface area contributed by atoms with Crippen LogP contribution in [0.4, 0.5) is 0 Å². The minimum absolute atomic E-state index is 0.711. The Hall–Kier alpha value is -0.410. The van der Waals surface area contributed by atoms with Gasteiger partial charge in [-0.05, 0) is 44.6 Å². The molecule has 3 atom stereocenters. The van der Waals surface area contributed by atoms with E-state index in [4.69, 9.17) is 0 Å². The fraction of sp³-hybridized carbons (Fsp3) is 0.750. The van der Waals surface area contributed by atoms with Gasteiger partial charge < -0.3 is 5.32 Å². The normalized spacial score (nSPS) is 31.7. The van der Waals surface area contributed by atoms with Gasteiger partial charge >= 0.3 is 0 Å². The lowest BCUT2D eigenvalue weighted by atomic mass is 9.77. The number of nitrogens with one attached hydrogen (secondary N) is 1. The maximum Gasteiger partial charge on any atom is 0.0794 e. The molecule has 1 aliphatic rings. The molecule has 0 aromatic carbocycles. The molecule has 1 aromatic rings. The van der Waals surface area contributed by atoms with Gasteiger partial charge in [0, 0.05) is 17.1 Å².